The quantitative estimate of drug-likeness (QED) is 0.587. The highest BCUT2D eigenvalue weighted by Crippen LogP contribution is 2.37. The molecule has 1 aliphatic heterocycles. The van der Waals surface area contributed by atoms with Crippen molar-refractivity contribution in [1.82, 2.24) is 4.90 Å². The second kappa shape index (κ2) is 7.94. The maximum Gasteiger partial charge on any atom is 0.410 e. The van der Waals surface area contributed by atoms with Crippen LogP contribution in [0.1, 0.15) is 27.7 Å². The smallest absolute Gasteiger partial charge is 0.410 e. The molecule has 0 atom stereocenters. The van der Waals surface area contributed by atoms with Crippen LogP contribution in [-0.4, -0.2) is 52.8 Å². The van der Waals surface area contributed by atoms with Crippen LogP contribution in [0, 0.1) is 10.1 Å². The Morgan fingerprint density at radius 2 is 2.08 bits per heavy atom. The van der Waals surface area contributed by atoms with Crippen molar-refractivity contribution in [3.8, 4) is 0 Å². The standard InChI is InChI=1S/C17H23N3O5S/c1-5-18(16(22)25-17(2,3)4)11-15(21)19-8-9-26-14-7-6-12(20(23)24)10-13(14)19/h6-7,10H,5,8-9,11H2,1-4H3. The number of hydrogen-bond acceptors (Lipinski definition) is 6. The summed E-state index contributed by atoms with van der Waals surface area (Å²) in [6.07, 6.45) is -0.556. The Labute approximate surface area is 156 Å². The minimum absolute atomic E-state index is 0.0662. The molecule has 0 aromatic heterocycles. The van der Waals surface area contributed by atoms with Crippen molar-refractivity contribution >= 4 is 35.1 Å². The number of amides is 2. The zero-order valence-corrected chi connectivity index (χ0v) is 16.2. The number of carbonyl (C=O) groups is 2. The lowest BCUT2D eigenvalue weighted by atomic mass is 10.2. The van der Waals surface area contributed by atoms with Crippen molar-refractivity contribution in [3.05, 3.63) is 28.3 Å². The number of nitrogens with zero attached hydrogens (tertiary/aromatic N) is 3. The molecule has 1 aliphatic rings. The second-order valence-electron chi connectivity index (χ2n) is 6.80. The van der Waals surface area contributed by atoms with E-state index in [2.05, 4.69) is 0 Å². The van der Waals surface area contributed by atoms with Gasteiger partial charge in [0.1, 0.15) is 12.1 Å². The van der Waals surface area contributed by atoms with Crippen LogP contribution in [0.2, 0.25) is 0 Å². The summed E-state index contributed by atoms with van der Waals surface area (Å²) in [7, 11) is 0. The zero-order valence-electron chi connectivity index (χ0n) is 15.4. The van der Waals surface area contributed by atoms with Crippen molar-refractivity contribution in [3.63, 3.8) is 0 Å². The highest BCUT2D eigenvalue weighted by atomic mass is 32.2. The monoisotopic (exact) mass is 381 g/mol. The number of anilines is 1. The van der Waals surface area contributed by atoms with E-state index in [1.54, 1.807) is 45.5 Å². The Hall–Kier alpha value is -2.29. The van der Waals surface area contributed by atoms with Crippen LogP contribution >= 0.6 is 11.8 Å². The molecule has 26 heavy (non-hydrogen) atoms. The number of fused-ring (bicyclic) bond motifs is 1. The number of ether oxygens (including phenoxy) is 1. The third-order valence-electron chi connectivity index (χ3n) is 3.68. The lowest BCUT2D eigenvalue weighted by Gasteiger charge is -2.31. The predicted molar refractivity (Wildman–Crippen MR) is 99.7 cm³/mol. The first kappa shape index (κ1) is 20.0. The maximum atomic E-state index is 12.8. The molecule has 1 aromatic rings. The van der Waals surface area contributed by atoms with E-state index >= 15 is 0 Å². The van der Waals surface area contributed by atoms with E-state index in [1.807, 2.05) is 0 Å². The number of nitro groups is 1. The Morgan fingerprint density at radius 3 is 2.65 bits per heavy atom. The molecule has 0 N–H and O–H groups in total. The summed E-state index contributed by atoms with van der Waals surface area (Å²) in [6, 6.07) is 4.49. The minimum atomic E-state index is -0.650. The summed E-state index contributed by atoms with van der Waals surface area (Å²) < 4.78 is 5.32. The summed E-state index contributed by atoms with van der Waals surface area (Å²) >= 11 is 1.55. The normalized spacial score (nSPS) is 13.8. The molecule has 2 rings (SSSR count). The van der Waals surface area contributed by atoms with Crippen molar-refractivity contribution in [1.29, 1.82) is 0 Å². The van der Waals surface area contributed by atoms with Crippen molar-refractivity contribution in [2.45, 2.75) is 38.2 Å². The second-order valence-corrected chi connectivity index (χ2v) is 7.93. The van der Waals surface area contributed by atoms with E-state index in [-0.39, 0.29) is 18.1 Å². The number of nitro benzene ring substituents is 1. The van der Waals surface area contributed by atoms with Gasteiger partial charge in [0, 0.05) is 35.9 Å². The molecule has 1 heterocycles. The van der Waals surface area contributed by atoms with E-state index in [9.17, 15) is 19.7 Å². The fourth-order valence-electron chi connectivity index (χ4n) is 2.46. The van der Waals surface area contributed by atoms with Crippen LogP contribution in [-0.2, 0) is 9.53 Å². The first-order valence-corrected chi connectivity index (χ1v) is 9.30. The van der Waals surface area contributed by atoms with E-state index in [1.165, 1.54) is 21.9 Å². The van der Waals surface area contributed by atoms with Gasteiger partial charge in [0.25, 0.3) is 5.69 Å². The topological polar surface area (TPSA) is 93.0 Å². The summed E-state index contributed by atoms with van der Waals surface area (Å²) in [6.45, 7) is 7.67. The highest BCUT2D eigenvalue weighted by Gasteiger charge is 2.29. The Morgan fingerprint density at radius 1 is 1.38 bits per heavy atom. The molecule has 0 unspecified atom stereocenters. The summed E-state index contributed by atoms with van der Waals surface area (Å²) in [5.74, 6) is 0.398. The number of likely N-dealkylation sites (N-methyl/N-ethyl adjacent to an activating group) is 1. The highest BCUT2D eigenvalue weighted by molar-refractivity contribution is 7.99. The van der Waals surface area contributed by atoms with Gasteiger partial charge in [0.2, 0.25) is 5.91 Å². The molecule has 0 saturated heterocycles. The molecule has 9 heteroatoms. The van der Waals surface area contributed by atoms with Crippen LogP contribution in [0.3, 0.4) is 0 Å². The molecule has 0 spiro atoms. The average Bonchev–Trinajstić information content (AvgIpc) is 2.56. The summed E-state index contributed by atoms with van der Waals surface area (Å²) in [4.78, 5) is 39.2. The molecule has 0 radical (unpaired) electrons. The van der Waals surface area contributed by atoms with Gasteiger partial charge in [-0.05, 0) is 33.8 Å². The van der Waals surface area contributed by atoms with Crippen molar-refractivity contribution in [2.75, 3.05) is 30.3 Å². The summed E-state index contributed by atoms with van der Waals surface area (Å²) in [5, 5.41) is 11.0. The van der Waals surface area contributed by atoms with Gasteiger partial charge in [-0.1, -0.05) is 0 Å². The Balaban J connectivity index is 2.19. The van der Waals surface area contributed by atoms with E-state index < -0.39 is 16.6 Å². The van der Waals surface area contributed by atoms with Gasteiger partial charge in [0.15, 0.2) is 0 Å². The third kappa shape index (κ3) is 4.87. The molecular weight excluding hydrogens is 358 g/mol. The molecule has 8 nitrogen and oxygen atoms in total. The number of thioether (sulfide) groups is 1. The van der Waals surface area contributed by atoms with Crippen molar-refractivity contribution < 1.29 is 19.2 Å². The number of hydrogen-bond donors (Lipinski definition) is 0. The number of non-ortho nitro benzene ring substituents is 1. The van der Waals surface area contributed by atoms with Gasteiger partial charge < -0.3 is 9.64 Å². The molecule has 1 aromatic carbocycles. The number of benzene rings is 1. The van der Waals surface area contributed by atoms with Crippen LogP contribution in [0.4, 0.5) is 16.2 Å². The molecule has 0 saturated carbocycles. The van der Waals surface area contributed by atoms with Gasteiger partial charge in [-0.3, -0.25) is 19.8 Å². The van der Waals surface area contributed by atoms with Crippen LogP contribution < -0.4 is 4.90 Å². The SMILES string of the molecule is CCN(CC(=O)N1CCSc2ccc([N+](=O)[O-])cc21)C(=O)OC(C)(C)C. The predicted octanol–water partition coefficient (Wildman–Crippen LogP) is 3.29. The lowest BCUT2D eigenvalue weighted by molar-refractivity contribution is -0.384. The molecule has 0 aliphatic carbocycles. The van der Waals surface area contributed by atoms with Gasteiger partial charge in [-0.25, -0.2) is 4.79 Å². The van der Waals surface area contributed by atoms with Gasteiger partial charge >= 0.3 is 6.09 Å². The van der Waals surface area contributed by atoms with Gasteiger partial charge in [-0.15, -0.1) is 11.8 Å². The molecule has 142 valence electrons. The summed E-state index contributed by atoms with van der Waals surface area (Å²) in [5.41, 5.74) is -0.202. The first-order valence-electron chi connectivity index (χ1n) is 8.32. The fraction of sp³-hybridized carbons (Fsp3) is 0.529. The largest absolute Gasteiger partial charge is 0.444 e. The lowest BCUT2D eigenvalue weighted by Crippen LogP contribution is -2.46. The third-order valence-corrected chi connectivity index (χ3v) is 4.72. The van der Waals surface area contributed by atoms with E-state index in [0.717, 1.165) is 4.90 Å². The number of carbonyl (C=O) groups excluding carboxylic acids is 2. The van der Waals surface area contributed by atoms with Crippen molar-refractivity contribution in [2.24, 2.45) is 0 Å². The molecular formula is C17H23N3O5S. The average molecular weight is 381 g/mol. The first-order chi connectivity index (χ1) is 12.1. The molecule has 0 bridgehead atoms. The Kier molecular flexibility index (Phi) is 6.12. The van der Waals surface area contributed by atoms with Crippen LogP contribution in [0.5, 0.6) is 0 Å². The minimum Gasteiger partial charge on any atom is -0.444 e. The fourth-order valence-corrected chi connectivity index (χ4v) is 3.43. The van der Waals surface area contributed by atoms with Crippen LogP contribution in [0.15, 0.2) is 23.1 Å². The zero-order chi connectivity index (χ0) is 19.5. The van der Waals surface area contributed by atoms with E-state index in [0.29, 0.717) is 24.5 Å². The molecule has 2 amide bonds. The maximum absolute atomic E-state index is 12.8. The Bertz CT molecular complexity index is 717. The van der Waals surface area contributed by atoms with E-state index in [4.69, 9.17) is 4.74 Å². The van der Waals surface area contributed by atoms with Gasteiger partial charge in [0.05, 0.1) is 10.6 Å². The van der Waals surface area contributed by atoms with Crippen LogP contribution in [0.25, 0.3) is 0 Å². The van der Waals surface area contributed by atoms with Gasteiger partial charge in [-0.2, -0.15) is 0 Å². The number of rotatable bonds is 4. The molecule has 0 fully saturated rings.